The molecule has 104 valence electrons. The average molecular weight is 288 g/mol. The van der Waals surface area contributed by atoms with Crippen LogP contribution in [0.1, 0.15) is 27.7 Å². The topological polar surface area (TPSA) is 44.2 Å². The first-order valence-corrected chi connectivity index (χ1v) is 7.45. The summed E-state index contributed by atoms with van der Waals surface area (Å²) in [6.45, 7) is 8.22. The summed E-state index contributed by atoms with van der Waals surface area (Å²) >= 11 is 1.35. The minimum atomic E-state index is -0.322. The summed E-state index contributed by atoms with van der Waals surface area (Å²) in [5, 5.41) is 0. The van der Waals surface area contributed by atoms with E-state index in [-0.39, 0.29) is 18.3 Å². The number of hydrogen-bond acceptors (Lipinski definition) is 5. The lowest BCUT2D eigenvalue weighted by Crippen LogP contribution is -2.41. The smallest absolute Gasteiger partial charge is 0.399 e. The fourth-order valence-corrected chi connectivity index (χ4v) is 2.51. The predicted molar refractivity (Wildman–Crippen MR) is 81.1 cm³/mol. The van der Waals surface area contributed by atoms with Gasteiger partial charge in [0.05, 0.1) is 11.2 Å². The molecular weight excluding hydrogens is 271 g/mol. The molecule has 0 spiro atoms. The van der Waals surface area contributed by atoms with Crippen molar-refractivity contribution in [2.24, 2.45) is 0 Å². The molecular formula is C14H17BN2O2S. The molecule has 0 amide bonds. The lowest BCUT2D eigenvalue weighted by molar-refractivity contribution is 0.00578. The molecule has 1 aliphatic heterocycles. The van der Waals surface area contributed by atoms with Gasteiger partial charge in [-0.3, -0.25) is 0 Å². The number of nitrogens with zero attached hydrogens (tertiary/aromatic N) is 2. The van der Waals surface area contributed by atoms with Crippen molar-refractivity contribution < 1.29 is 9.31 Å². The van der Waals surface area contributed by atoms with Crippen LogP contribution in [0.5, 0.6) is 0 Å². The Hall–Kier alpha value is -1.24. The van der Waals surface area contributed by atoms with Crippen molar-refractivity contribution in [3.63, 3.8) is 0 Å². The predicted octanol–water partition coefficient (Wildman–Crippen LogP) is 2.50. The van der Waals surface area contributed by atoms with Crippen LogP contribution >= 0.6 is 11.5 Å². The highest BCUT2D eigenvalue weighted by molar-refractivity contribution is 7.03. The van der Waals surface area contributed by atoms with Gasteiger partial charge in [-0.1, -0.05) is 24.3 Å². The zero-order valence-electron chi connectivity index (χ0n) is 12.1. The molecule has 0 radical (unpaired) electrons. The van der Waals surface area contributed by atoms with Crippen molar-refractivity contribution in [1.29, 1.82) is 0 Å². The van der Waals surface area contributed by atoms with Crippen LogP contribution in [0.4, 0.5) is 0 Å². The molecule has 0 atom stereocenters. The molecule has 3 rings (SSSR count). The van der Waals surface area contributed by atoms with Crippen molar-refractivity contribution in [3.05, 3.63) is 29.8 Å². The van der Waals surface area contributed by atoms with E-state index in [1.165, 1.54) is 11.5 Å². The quantitative estimate of drug-likeness (QED) is 0.796. The molecule has 2 aromatic rings. The van der Waals surface area contributed by atoms with Gasteiger partial charge in [0.25, 0.3) is 0 Å². The van der Waals surface area contributed by atoms with Crippen LogP contribution in [-0.4, -0.2) is 27.7 Å². The number of aromatic nitrogens is 2. The number of hydrogen-bond donors (Lipinski definition) is 0. The number of benzene rings is 1. The minimum absolute atomic E-state index is 0.313. The van der Waals surface area contributed by atoms with Gasteiger partial charge < -0.3 is 9.31 Å². The maximum Gasteiger partial charge on any atom is 0.494 e. The van der Waals surface area contributed by atoms with E-state index in [2.05, 4.69) is 37.1 Å². The van der Waals surface area contributed by atoms with Crippen molar-refractivity contribution in [2.75, 3.05) is 0 Å². The van der Waals surface area contributed by atoms with Gasteiger partial charge >= 0.3 is 7.12 Å². The Bertz CT molecular complexity index is 580. The van der Waals surface area contributed by atoms with E-state index in [1.807, 2.05) is 24.3 Å². The van der Waals surface area contributed by atoms with Crippen molar-refractivity contribution >= 4 is 24.1 Å². The van der Waals surface area contributed by atoms with Crippen molar-refractivity contribution in [1.82, 2.24) is 9.36 Å². The zero-order chi connectivity index (χ0) is 14.4. The third-order valence-corrected chi connectivity index (χ3v) is 4.53. The van der Waals surface area contributed by atoms with Gasteiger partial charge in [-0.15, -0.1) is 0 Å². The Morgan fingerprint density at radius 3 is 2.10 bits per heavy atom. The summed E-state index contributed by atoms with van der Waals surface area (Å²) in [6, 6.07) is 8.03. The van der Waals surface area contributed by atoms with Crippen LogP contribution < -0.4 is 5.46 Å². The van der Waals surface area contributed by atoms with E-state index in [0.29, 0.717) is 0 Å². The molecule has 0 unspecified atom stereocenters. The van der Waals surface area contributed by atoms with E-state index < -0.39 is 0 Å². The molecule has 20 heavy (non-hydrogen) atoms. The Balaban J connectivity index is 1.83. The highest BCUT2D eigenvalue weighted by Crippen LogP contribution is 2.36. The second-order valence-electron chi connectivity index (χ2n) is 5.97. The lowest BCUT2D eigenvalue weighted by atomic mass is 9.79. The fraction of sp³-hybridized carbons (Fsp3) is 0.429. The first kappa shape index (κ1) is 13.7. The maximum atomic E-state index is 6.03. The maximum absolute atomic E-state index is 6.03. The molecule has 1 saturated heterocycles. The molecule has 1 aromatic heterocycles. The van der Waals surface area contributed by atoms with Crippen molar-refractivity contribution in [3.8, 4) is 11.4 Å². The van der Waals surface area contributed by atoms with Gasteiger partial charge in [0.15, 0.2) is 5.82 Å². The van der Waals surface area contributed by atoms with Gasteiger partial charge in [-0.2, -0.15) is 4.37 Å². The molecule has 0 aliphatic carbocycles. The summed E-state index contributed by atoms with van der Waals surface area (Å²) in [7, 11) is -0.322. The second-order valence-corrected chi connectivity index (χ2v) is 6.57. The Morgan fingerprint density at radius 2 is 1.60 bits per heavy atom. The summed E-state index contributed by atoms with van der Waals surface area (Å²) in [5.74, 6) is 0.760. The molecule has 0 bridgehead atoms. The van der Waals surface area contributed by atoms with Crippen LogP contribution in [0.15, 0.2) is 29.8 Å². The summed E-state index contributed by atoms with van der Waals surface area (Å²) in [5.41, 5.74) is 3.13. The van der Waals surface area contributed by atoms with Gasteiger partial charge in [0.2, 0.25) is 0 Å². The fourth-order valence-electron chi connectivity index (χ4n) is 2.07. The van der Waals surface area contributed by atoms with Crippen LogP contribution in [-0.2, 0) is 9.31 Å². The molecule has 4 nitrogen and oxygen atoms in total. The third-order valence-electron chi connectivity index (χ3n) is 4.06. The van der Waals surface area contributed by atoms with E-state index in [4.69, 9.17) is 9.31 Å². The van der Waals surface area contributed by atoms with E-state index in [1.54, 1.807) is 5.51 Å². The molecule has 0 saturated carbocycles. The van der Waals surface area contributed by atoms with Gasteiger partial charge in [-0.25, -0.2) is 4.98 Å². The third kappa shape index (κ3) is 2.28. The molecule has 2 heterocycles. The first-order valence-electron chi connectivity index (χ1n) is 6.61. The van der Waals surface area contributed by atoms with Crippen LogP contribution in [0.2, 0.25) is 0 Å². The van der Waals surface area contributed by atoms with E-state index in [9.17, 15) is 0 Å². The van der Waals surface area contributed by atoms with Gasteiger partial charge in [0, 0.05) is 5.56 Å². The summed E-state index contributed by atoms with van der Waals surface area (Å²) < 4.78 is 16.3. The molecule has 1 fully saturated rings. The van der Waals surface area contributed by atoms with Crippen LogP contribution in [0.3, 0.4) is 0 Å². The molecule has 1 aromatic carbocycles. The lowest BCUT2D eigenvalue weighted by Gasteiger charge is -2.32. The Morgan fingerprint density at radius 1 is 1.00 bits per heavy atom. The van der Waals surface area contributed by atoms with Crippen LogP contribution in [0.25, 0.3) is 11.4 Å². The van der Waals surface area contributed by atoms with Crippen molar-refractivity contribution in [2.45, 2.75) is 38.9 Å². The standard InChI is InChI=1S/C14H17BN2O2S/c1-13(2)14(3,4)19-15(18-13)11-7-5-10(6-8-11)12-16-9-20-17-12/h5-9H,1-4H3. The minimum Gasteiger partial charge on any atom is -0.399 e. The SMILES string of the molecule is CC1(C)OB(c2ccc(-c3ncsn3)cc2)OC1(C)C. The zero-order valence-corrected chi connectivity index (χ0v) is 12.9. The first-order chi connectivity index (χ1) is 9.39. The Kier molecular flexibility index (Phi) is 3.19. The highest BCUT2D eigenvalue weighted by Gasteiger charge is 2.51. The monoisotopic (exact) mass is 288 g/mol. The number of rotatable bonds is 2. The summed E-state index contributed by atoms with van der Waals surface area (Å²) in [6.07, 6.45) is 0. The normalized spacial score (nSPS) is 20.3. The molecule has 1 aliphatic rings. The summed E-state index contributed by atoms with van der Waals surface area (Å²) in [4.78, 5) is 4.20. The molecule has 0 N–H and O–H groups in total. The van der Waals surface area contributed by atoms with Gasteiger partial charge in [-0.05, 0) is 44.7 Å². The second kappa shape index (κ2) is 4.65. The average Bonchev–Trinajstić information content (AvgIpc) is 2.97. The largest absolute Gasteiger partial charge is 0.494 e. The van der Waals surface area contributed by atoms with E-state index in [0.717, 1.165) is 16.9 Å². The van der Waals surface area contributed by atoms with Gasteiger partial charge in [0.1, 0.15) is 5.51 Å². The molecule has 6 heteroatoms. The van der Waals surface area contributed by atoms with E-state index >= 15 is 0 Å². The van der Waals surface area contributed by atoms with Crippen LogP contribution in [0, 0.1) is 0 Å². The Labute approximate surface area is 123 Å². The highest BCUT2D eigenvalue weighted by atomic mass is 32.1.